The minimum absolute atomic E-state index is 0.0430. The van der Waals surface area contributed by atoms with E-state index in [1.165, 1.54) is 11.8 Å². The Morgan fingerprint density at radius 2 is 2.11 bits per heavy atom. The molecule has 0 radical (unpaired) electrons. The molecule has 4 nitrogen and oxygen atoms in total. The van der Waals surface area contributed by atoms with Crippen LogP contribution in [0, 0.1) is 6.92 Å². The molecular formula is C13H13NO3S. The highest BCUT2D eigenvalue weighted by Crippen LogP contribution is 2.24. The average Bonchev–Trinajstić information content (AvgIpc) is 2.73. The minimum Gasteiger partial charge on any atom is -0.481 e. The third kappa shape index (κ3) is 3.37. The monoisotopic (exact) mass is 263 g/mol. The van der Waals surface area contributed by atoms with Crippen LogP contribution in [0.2, 0.25) is 0 Å². The maximum atomic E-state index is 10.8. The molecule has 0 spiro atoms. The molecule has 5 heteroatoms. The number of nitrogens with zero attached hydrogens (tertiary/aromatic N) is 1. The number of carboxylic acids is 1. The summed E-state index contributed by atoms with van der Waals surface area (Å²) >= 11 is 1.46. The highest BCUT2D eigenvalue weighted by molar-refractivity contribution is 7.98. The van der Waals surface area contributed by atoms with Crippen LogP contribution in [-0.4, -0.2) is 16.1 Å². The van der Waals surface area contributed by atoms with E-state index in [-0.39, 0.29) is 6.42 Å². The Bertz CT molecular complexity index is 551. The highest BCUT2D eigenvalue weighted by Gasteiger charge is 2.08. The van der Waals surface area contributed by atoms with Crippen molar-refractivity contribution in [3.05, 3.63) is 47.3 Å². The predicted molar refractivity (Wildman–Crippen MR) is 68.6 cm³/mol. The largest absolute Gasteiger partial charge is 0.481 e. The Morgan fingerprint density at radius 3 is 2.72 bits per heavy atom. The summed E-state index contributed by atoms with van der Waals surface area (Å²) in [6.45, 7) is 1.87. The summed E-state index contributed by atoms with van der Waals surface area (Å²) in [5.74, 6) is -0.164. The fourth-order valence-corrected chi connectivity index (χ4v) is 2.46. The number of benzene rings is 1. The van der Waals surface area contributed by atoms with Crippen molar-refractivity contribution in [2.75, 3.05) is 0 Å². The number of hydrogen-bond acceptors (Lipinski definition) is 4. The number of aromatic nitrogens is 1. The first kappa shape index (κ1) is 12.7. The Morgan fingerprint density at radius 1 is 1.39 bits per heavy atom. The van der Waals surface area contributed by atoms with Crippen LogP contribution in [0.5, 0.6) is 0 Å². The molecule has 1 N–H and O–H groups in total. The van der Waals surface area contributed by atoms with E-state index in [0.717, 1.165) is 16.8 Å². The second-order valence-corrected chi connectivity index (χ2v) is 4.81. The second-order valence-electron chi connectivity index (χ2n) is 3.88. The number of carboxylic acid groups (broad SMARTS) is 1. The summed E-state index contributed by atoms with van der Waals surface area (Å²) in [5, 5.41) is 9.45. The maximum absolute atomic E-state index is 10.8. The molecule has 0 fully saturated rings. The molecule has 0 unspecified atom stereocenters. The van der Waals surface area contributed by atoms with Gasteiger partial charge in [0.15, 0.2) is 0 Å². The molecule has 0 atom stereocenters. The first-order chi connectivity index (χ1) is 8.65. The van der Waals surface area contributed by atoms with Crippen LogP contribution in [0.4, 0.5) is 0 Å². The topological polar surface area (TPSA) is 63.3 Å². The fourth-order valence-electron chi connectivity index (χ4n) is 1.57. The zero-order chi connectivity index (χ0) is 13.0. The number of rotatable bonds is 5. The van der Waals surface area contributed by atoms with E-state index in [1.54, 1.807) is 6.26 Å². The normalized spacial score (nSPS) is 10.5. The Kier molecular flexibility index (Phi) is 4.04. The van der Waals surface area contributed by atoms with Crippen LogP contribution in [0.3, 0.4) is 0 Å². The quantitative estimate of drug-likeness (QED) is 0.840. The van der Waals surface area contributed by atoms with Crippen LogP contribution in [0.15, 0.2) is 40.2 Å². The van der Waals surface area contributed by atoms with Crippen molar-refractivity contribution in [1.82, 2.24) is 4.98 Å². The molecule has 0 bridgehead atoms. The van der Waals surface area contributed by atoms with E-state index in [9.17, 15) is 4.79 Å². The first-order valence-electron chi connectivity index (χ1n) is 5.48. The van der Waals surface area contributed by atoms with Gasteiger partial charge in [-0.1, -0.05) is 36.0 Å². The van der Waals surface area contributed by atoms with E-state index in [1.807, 2.05) is 31.2 Å². The molecule has 1 aromatic heterocycles. The van der Waals surface area contributed by atoms with E-state index < -0.39 is 5.97 Å². The Labute approximate surface area is 109 Å². The van der Waals surface area contributed by atoms with Crippen molar-refractivity contribution >= 4 is 17.7 Å². The van der Waals surface area contributed by atoms with Gasteiger partial charge in [0, 0.05) is 5.75 Å². The Hall–Kier alpha value is -1.75. The number of aryl methyl sites for hydroxylation is 1. The third-order valence-corrected chi connectivity index (χ3v) is 3.30. The maximum Gasteiger partial charge on any atom is 0.307 e. The van der Waals surface area contributed by atoms with E-state index in [2.05, 4.69) is 4.98 Å². The summed E-state index contributed by atoms with van der Waals surface area (Å²) < 4.78 is 5.24. The van der Waals surface area contributed by atoms with Gasteiger partial charge < -0.3 is 9.52 Å². The van der Waals surface area contributed by atoms with Gasteiger partial charge in [0.1, 0.15) is 6.26 Å². The number of oxazole rings is 1. The lowest BCUT2D eigenvalue weighted by Crippen LogP contribution is -2.02. The molecule has 0 saturated heterocycles. The lowest BCUT2D eigenvalue weighted by molar-refractivity contribution is -0.136. The molecule has 18 heavy (non-hydrogen) atoms. The lowest BCUT2D eigenvalue weighted by Gasteiger charge is -2.05. The number of carbonyl (C=O) groups is 1. The van der Waals surface area contributed by atoms with Gasteiger partial charge in [0.2, 0.25) is 0 Å². The van der Waals surface area contributed by atoms with Crippen molar-refractivity contribution in [3.8, 4) is 0 Å². The lowest BCUT2D eigenvalue weighted by atomic mass is 10.1. The molecule has 0 amide bonds. The Balaban J connectivity index is 2.06. The second kappa shape index (κ2) is 5.73. The van der Waals surface area contributed by atoms with Gasteiger partial charge >= 0.3 is 5.97 Å². The molecule has 1 aromatic carbocycles. The fraction of sp³-hybridized carbons (Fsp3) is 0.231. The first-order valence-corrected chi connectivity index (χ1v) is 6.47. The van der Waals surface area contributed by atoms with Crippen LogP contribution < -0.4 is 0 Å². The van der Waals surface area contributed by atoms with Crippen molar-refractivity contribution in [2.24, 2.45) is 0 Å². The van der Waals surface area contributed by atoms with Gasteiger partial charge in [0.25, 0.3) is 5.22 Å². The van der Waals surface area contributed by atoms with Crippen molar-refractivity contribution in [2.45, 2.75) is 24.3 Å². The van der Waals surface area contributed by atoms with Gasteiger partial charge in [-0.2, -0.15) is 0 Å². The molecule has 0 aliphatic heterocycles. The minimum atomic E-state index is -0.820. The van der Waals surface area contributed by atoms with E-state index in [4.69, 9.17) is 9.52 Å². The number of hydrogen-bond donors (Lipinski definition) is 1. The van der Waals surface area contributed by atoms with Crippen LogP contribution in [-0.2, 0) is 17.0 Å². The van der Waals surface area contributed by atoms with Crippen LogP contribution in [0.25, 0.3) is 0 Å². The van der Waals surface area contributed by atoms with Crippen LogP contribution >= 0.6 is 11.8 Å². The van der Waals surface area contributed by atoms with Gasteiger partial charge in [0.05, 0.1) is 12.1 Å². The van der Waals surface area contributed by atoms with Crippen LogP contribution in [0.1, 0.15) is 16.8 Å². The summed E-state index contributed by atoms with van der Waals surface area (Å²) in [4.78, 5) is 15.0. The van der Waals surface area contributed by atoms with Crippen molar-refractivity contribution in [3.63, 3.8) is 0 Å². The van der Waals surface area contributed by atoms with Gasteiger partial charge in [-0.3, -0.25) is 4.79 Å². The summed E-state index contributed by atoms with van der Waals surface area (Å²) in [5.41, 5.74) is 2.68. The standard InChI is InChI=1S/C13H13NO3S/c1-9-7-17-13(14-9)18-8-11-5-3-2-4-10(11)6-12(15)16/h2-5,7H,6,8H2,1H3,(H,15,16). The summed E-state index contributed by atoms with van der Waals surface area (Å²) in [7, 11) is 0. The van der Waals surface area contributed by atoms with Gasteiger partial charge in [-0.15, -0.1) is 0 Å². The summed E-state index contributed by atoms with van der Waals surface area (Å²) in [6.07, 6.45) is 1.65. The predicted octanol–water partition coefficient (Wildman–Crippen LogP) is 2.90. The third-order valence-electron chi connectivity index (χ3n) is 2.41. The van der Waals surface area contributed by atoms with Crippen molar-refractivity contribution in [1.29, 1.82) is 0 Å². The van der Waals surface area contributed by atoms with E-state index >= 15 is 0 Å². The zero-order valence-electron chi connectivity index (χ0n) is 9.92. The molecule has 94 valence electrons. The summed E-state index contributed by atoms with van der Waals surface area (Å²) in [6, 6.07) is 7.52. The number of thioether (sulfide) groups is 1. The van der Waals surface area contributed by atoms with E-state index in [0.29, 0.717) is 11.0 Å². The molecule has 1 heterocycles. The molecule has 2 aromatic rings. The molecule has 0 saturated carbocycles. The molecule has 0 aliphatic carbocycles. The average molecular weight is 263 g/mol. The zero-order valence-corrected chi connectivity index (χ0v) is 10.7. The van der Waals surface area contributed by atoms with Gasteiger partial charge in [-0.05, 0) is 18.1 Å². The molecule has 2 rings (SSSR count). The molecule has 0 aliphatic rings. The molecular weight excluding hydrogens is 250 g/mol. The smallest absolute Gasteiger partial charge is 0.307 e. The SMILES string of the molecule is Cc1coc(SCc2ccccc2CC(=O)O)n1. The van der Waals surface area contributed by atoms with Crippen molar-refractivity contribution < 1.29 is 14.3 Å². The highest BCUT2D eigenvalue weighted by atomic mass is 32.2. The van der Waals surface area contributed by atoms with Gasteiger partial charge in [-0.25, -0.2) is 4.98 Å². The number of aliphatic carboxylic acids is 1.